The predicted molar refractivity (Wildman–Crippen MR) is 133 cm³/mol. The fourth-order valence-corrected chi connectivity index (χ4v) is 4.96. The molecule has 0 aromatic heterocycles. The Balaban J connectivity index is 1.72. The van der Waals surface area contributed by atoms with Gasteiger partial charge in [-0.25, -0.2) is 0 Å². The third-order valence-corrected chi connectivity index (χ3v) is 6.91. The maximum absolute atomic E-state index is 13.2. The molecule has 0 aliphatic carbocycles. The fraction of sp³-hybridized carbons (Fsp3) is 0.407. The van der Waals surface area contributed by atoms with E-state index in [1.54, 1.807) is 23.1 Å². The molecule has 6 nitrogen and oxygen atoms in total. The van der Waals surface area contributed by atoms with Crippen molar-refractivity contribution in [2.45, 2.75) is 45.8 Å². The van der Waals surface area contributed by atoms with Crippen LogP contribution in [0.5, 0.6) is 5.75 Å². The normalized spacial score (nSPS) is 21.3. The molecule has 1 N–H and O–H groups in total. The number of Topliss-reactive ketones (excluding diaryl/α,β-unsaturated/α-hetero) is 1. The highest BCUT2D eigenvalue weighted by molar-refractivity contribution is 6.46. The zero-order chi connectivity index (χ0) is 24.4. The summed E-state index contributed by atoms with van der Waals surface area (Å²) >= 11 is 6.10. The summed E-state index contributed by atoms with van der Waals surface area (Å²) in [5.74, 6) is -0.619. The first-order valence-corrected chi connectivity index (χ1v) is 12.3. The molecule has 0 spiro atoms. The number of carbonyl (C=O) groups is 2. The Hall–Kier alpha value is -2.83. The first-order chi connectivity index (χ1) is 16.3. The first kappa shape index (κ1) is 24.3. The fourth-order valence-electron chi connectivity index (χ4n) is 4.83. The van der Waals surface area contributed by atoms with E-state index in [2.05, 4.69) is 18.7 Å². The summed E-state index contributed by atoms with van der Waals surface area (Å²) in [6, 6.07) is 11.8. The number of rotatable bonds is 8. The van der Waals surface area contributed by atoms with Gasteiger partial charge in [-0.05, 0) is 74.4 Å². The zero-order valence-corrected chi connectivity index (χ0v) is 20.6. The van der Waals surface area contributed by atoms with E-state index in [9.17, 15) is 14.7 Å². The molecular formula is C27H31ClN2O4. The predicted octanol–water partition coefficient (Wildman–Crippen LogP) is 4.82. The second kappa shape index (κ2) is 10.2. The molecule has 1 amide bonds. The van der Waals surface area contributed by atoms with Gasteiger partial charge in [-0.3, -0.25) is 9.59 Å². The zero-order valence-electron chi connectivity index (χ0n) is 19.9. The summed E-state index contributed by atoms with van der Waals surface area (Å²) in [7, 11) is 0. The number of benzene rings is 2. The van der Waals surface area contributed by atoms with Crippen LogP contribution in [0, 0.1) is 0 Å². The largest absolute Gasteiger partial charge is 0.507 e. The SMILES string of the molecule is CCN(CC)CCCN1C(=O)C(=O)/C(=C(/O)c2ccc3c(c2)C[C@H](C)O3)[C@@H]1c1ccc(Cl)cc1. The Bertz CT molecular complexity index is 1110. The van der Waals surface area contributed by atoms with Gasteiger partial charge in [0.25, 0.3) is 11.7 Å². The van der Waals surface area contributed by atoms with Crippen molar-refractivity contribution in [1.29, 1.82) is 0 Å². The molecule has 2 atom stereocenters. The van der Waals surface area contributed by atoms with Crippen LogP contribution in [0.2, 0.25) is 5.02 Å². The van der Waals surface area contributed by atoms with Gasteiger partial charge in [0.1, 0.15) is 17.6 Å². The Kier molecular flexibility index (Phi) is 7.29. The number of nitrogens with zero attached hydrogens (tertiary/aromatic N) is 2. The molecule has 0 unspecified atom stereocenters. The molecule has 7 heteroatoms. The third kappa shape index (κ3) is 4.70. The Morgan fingerprint density at radius 2 is 1.85 bits per heavy atom. The van der Waals surface area contributed by atoms with Gasteiger partial charge in [0.05, 0.1) is 11.6 Å². The molecular weight excluding hydrogens is 452 g/mol. The lowest BCUT2D eigenvalue weighted by molar-refractivity contribution is -0.140. The van der Waals surface area contributed by atoms with Gasteiger partial charge in [-0.1, -0.05) is 37.6 Å². The Labute approximate surface area is 205 Å². The average Bonchev–Trinajstić information content (AvgIpc) is 3.32. The van der Waals surface area contributed by atoms with Gasteiger partial charge in [0, 0.05) is 23.6 Å². The lowest BCUT2D eigenvalue weighted by atomic mass is 9.94. The summed E-state index contributed by atoms with van der Waals surface area (Å²) < 4.78 is 5.76. The van der Waals surface area contributed by atoms with Gasteiger partial charge in [-0.15, -0.1) is 0 Å². The number of amides is 1. The van der Waals surface area contributed by atoms with Crippen molar-refractivity contribution in [2.24, 2.45) is 0 Å². The van der Waals surface area contributed by atoms with Crippen LogP contribution in [0.1, 0.15) is 49.9 Å². The highest BCUT2D eigenvalue weighted by Crippen LogP contribution is 2.40. The lowest BCUT2D eigenvalue weighted by Gasteiger charge is -2.27. The maximum Gasteiger partial charge on any atom is 0.295 e. The minimum absolute atomic E-state index is 0.0675. The van der Waals surface area contributed by atoms with Crippen LogP contribution in [0.3, 0.4) is 0 Å². The number of hydrogen-bond acceptors (Lipinski definition) is 5. The summed E-state index contributed by atoms with van der Waals surface area (Å²) in [5.41, 5.74) is 2.35. The van der Waals surface area contributed by atoms with Crippen LogP contribution in [0.15, 0.2) is 48.0 Å². The molecule has 0 saturated carbocycles. The van der Waals surface area contributed by atoms with Crippen molar-refractivity contribution in [2.75, 3.05) is 26.2 Å². The number of aliphatic hydroxyl groups excluding tert-OH is 1. The van der Waals surface area contributed by atoms with Crippen LogP contribution in [0.4, 0.5) is 0 Å². The quantitative estimate of drug-likeness (QED) is 0.332. The van der Waals surface area contributed by atoms with Crippen molar-refractivity contribution in [3.8, 4) is 5.75 Å². The standard InChI is InChI=1S/C27H31ClN2O4/c1-4-29(5-2)13-6-14-30-24(18-7-10-21(28)11-8-18)23(26(32)27(30)33)25(31)19-9-12-22-20(16-19)15-17(3)34-22/h7-12,16-17,24,31H,4-6,13-15H2,1-3H3/b25-23+/t17-,24-/m0/s1. The van der Waals surface area contributed by atoms with Crippen LogP contribution in [0.25, 0.3) is 5.76 Å². The van der Waals surface area contributed by atoms with Crippen LogP contribution in [-0.4, -0.2) is 58.9 Å². The number of halogens is 1. The summed E-state index contributed by atoms with van der Waals surface area (Å²) in [6.07, 6.45) is 1.53. The maximum atomic E-state index is 13.2. The van der Waals surface area contributed by atoms with Crippen molar-refractivity contribution in [3.05, 3.63) is 69.8 Å². The van der Waals surface area contributed by atoms with E-state index < -0.39 is 17.7 Å². The molecule has 180 valence electrons. The van der Waals surface area contributed by atoms with Gasteiger partial charge in [0.15, 0.2) is 0 Å². The van der Waals surface area contributed by atoms with Crippen LogP contribution < -0.4 is 4.74 Å². The van der Waals surface area contributed by atoms with E-state index >= 15 is 0 Å². The van der Waals surface area contributed by atoms with Crippen LogP contribution >= 0.6 is 11.6 Å². The van der Waals surface area contributed by atoms with Gasteiger partial charge >= 0.3 is 0 Å². The molecule has 1 saturated heterocycles. The number of carbonyl (C=O) groups excluding carboxylic acids is 2. The molecule has 2 heterocycles. The number of likely N-dealkylation sites (tertiary alicyclic amines) is 1. The van der Waals surface area contributed by atoms with Gasteiger partial charge in [0.2, 0.25) is 0 Å². The molecule has 2 aliphatic heterocycles. The molecule has 1 fully saturated rings. The lowest BCUT2D eigenvalue weighted by Crippen LogP contribution is -2.33. The van der Waals surface area contributed by atoms with Gasteiger partial charge < -0.3 is 19.6 Å². The van der Waals surface area contributed by atoms with E-state index in [1.165, 1.54) is 0 Å². The number of ether oxygens (including phenoxy) is 1. The average molecular weight is 483 g/mol. The Morgan fingerprint density at radius 1 is 1.15 bits per heavy atom. The van der Waals surface area contributed by atoms with Crippen molar-refractivity contribution < 1.29 is 19.4 Å². The van der Waals surface area contributed by atoms with E-state index in [-0.39, 0.29) is 17.4 Å². The monoisotopic (exact) mass is 482 g/mol. The highest BCUT2D eigenvalue weighted by atomic mass is 35.5. The molecule has 4 rings (SSSR count). The topological polar surface area (TPSA) is 70.1 Å². The summed E-state index contributed by atoms with van der Waals surface area (Å²) in [5, 5.41) is 11.9. The second-order valence-corrected chi connectivity index (χ2v) is 9.32. The van der Waals surface area contributed by atoms with Crippen molar-refractivity contribution in [3.63, 3.8) is 0 Å². The molecule has 2 aromatic carbocycles. The van der Waals surface area contributed by atoms with Crippen molar-refractivity contribution in [1.82, 2.24) is 9.80 Å². The number of hydrogen-bond donors (Lipinski definition) is 1. The molecule has 2 aliphatic rings. The van der Waals surface area contributed by atoms with Crippen molar-refractivity contribution >= 4 is 29.1 Å². The third-order valence-electron chi connectivity index (χ3n) is 6.66. The molecule has 2 aromatic rings. The number of aliphatic hydroxyl groups is 1. The minimum atomic E-state index is -0.669. The minimum Gasteiger partial charge on any atom is -0.507 e. The van der Waals surface area contributed by atoms with E-state index in [1.807, 2.05) is 31.2 Å². The highest BCUT2D eigenvalue weighted by Gasteiger charge is 2.45. The Morgan fingerprint density at radius 3 is 2.53 bits per heavy atom. The second-order valence-electron chi connectivity index (χ2n) is 8.88. The van der Waals surface area contributed by atoms with E-state index in [0.717, 1.165) is 49.4 Å². The van der Waals surface area contributed by atoms with E-state index in [4.69, 9.17) is 16.3 Å². The number of fused-ring (bicyclic) bond motifs is 1. The molecule has 0 radical (unpaired) electrons. The summed E-state index contributed by atoms with van der Waals surface area (Å²) in [4.78, 5) is 30.2. The first-order valence-electron chi connectivity index (χ1n) is 11.9. The molecule has 0 bridgehead atoms. The smallest absolute Gasteiger partial charge is 0.295 e. The van der Waals surface area contributed by atoms with Crippen LogP contribution in [-0.2, 0) is 16.0 Å². The summed E-state index contributed by atoms with van der Waals surface area (Å²) in [6.45, 7) is 9.29. The van der Waals surface area contributed by atoms with Gasteiger partial charge in [-0.2, -0.15) is 0 Å². The van der Waals surface area contributed by atoms with E-state index in [0.29, 0.717) is 17.1 Å². The molecule has 34 heavy (non-hydrogen) atoms. The number of ketones is 1.